The molecule has 0 aliphatic heterocycles. The van der Waals surface area contributed by atoms with Crippen LogP contribution in [0.2, 0.25) is 0 Å². The van der Waals surface area contributed by atoms with Crippen LogP contribution in [0.1, 0.15) is 39.0 Å². The largest absolute Gasteiger partial charge is 0.465 e. The highest BCUT2D eigenvalue weighted by Gasteiger charge is 2.25. The highest BCUT2D eigenvalue weighted by Crippen LogP contribution is 2.22. The molecule has 0 bridgehead atoms. The number of ether oxygens (including phenoxy) is 1. The van der Waals surface area contributed by atoms with Crippen molar-refractivity contribution in [2.24, 2.45) is 5.92 Å². The van der Waals surface area contributed by atoms with Crippen LogP contribution >= 0.6 is 0 Å². The standard InChI is InChI=1S/C10H16O3/c1-2-7-13-10(12)8-3-5-9(11)6-4-8/h8H,2-7H2,1H3. The van der Waals surface area contributed by atoms with E-state index in [9.17, 15) is 9.59 Å². The topological polar surface area (TPSA) is 43.4 Å². The second-order valence-corrected chi connectivity index (χ2v) is 3.48. The van der Waals surface area contributed by atoms with Crippen molar-refractivity contribution >= 4 is 11.8 Å². The molecule has 0 aromatic carbocycles. The Kier molecular flexibility index (Phi) is 3.93. The lowest BCUT2D eigenvalue weighted by Crippen LogP contribution is -2.23. The highest BCUT2D eigenvalue weighted by atomic mass is 16.5. The smallest absolute Gasteiger partial charge is 0.308 e. The van der Waals surface area contributed by atoms with E-state index in [1.165, 1.54) is 0 Å². The van der Waals surface area contributed by atoms with Gasteiger partial charge in [0.25, 0.3) is 0 Å². The van der Waals surface area contributed by atoms with Crippen LogP contribution in [0.5, 0.6) is 0 Å². The third kappa shape index (κ3) is 3.17. The molecule has 1 aliphatic carbocycles. The van der Waals surface area contributed by atoms with Gasteiger partial charge in [-0.1, -0.05) is 6.92 Å². The number of carbonyl (C=O) groups excluding carboxylic acids is 2. The third-order valence-electron chi connectivity index (χ3n) is 2.33. The van der Waals surface area contributed by atoms with Gasteiger partial charge in [-0.2, -0.15) is 0 Å². The Morgan fingerprint density at radius 2 is 2.08 bits per heavy atom. The molecule has 0 unspecified atom stereocenters. The van der Waals surface area contributed by atoms with E-state index in [1.54, 1.807) is 0 Å². The van der Waals surface area contributed by atoms with Crippen molar-refractivity contribution in [3.8, 4) is 0 Å². The Labute approximate surface area is 78.5 Å². The molecule has 0 saturated heterocycles. The Hall–Kier alpha value is -0.860. The number of hydrogen-bond donors (Lipinski definition) is 0. The maximum absolute atomic E-state index is 11.3. The molecule has 1 fully saturated rings. The molecule has 74 valence electrons. The van der Waals surface area contributed by atoms with Crippen molar-refractivity contribution < 1.29 is 14.3 Å². The second-order valence-electron chi connectivity index (χ2n) is 3.48. The molecule has 3 nitrogen and oxygen atoms in total. The molecule has 1 aliphatic rings. The van der Waals surface area contributed by atoms with Crippen LogP contribution in [-0.4, -0.2) is 18.4 Å². The first-order valence-corrected chi connectivity index (χ1v) is 4.92. The lowest BCUT2D eigenvalue weighted by atomic mass is 9.88. The van der Waals surface area contributed by atoms with Crippen LogP contribution in [0.25, 0.3) is 0 Å². The predicted octanol–water partition coefficient (Wildman–Crippen LogP) is 1.70. The van der Waals surface area contributed by atoms with Gasteiger partial charge in [0, 0.05) is 12.8 Å². The van der Waals surface area contributed by atoms with Crippen LogP contribution < -0.4 is 0 Å². The minimum absolute atomic E-state index is 0.0238. The van der Waals surface area contributed by atoms with Crippen LogP contribution in [0.3, 0.4) is 0 Å². The Balaban J connectivity index is 2.27. The summed E-state index contributed by atoms with van der Waals surface area (Å²) in [4.78, 5) is 22.2. The zero-order valence-corrected chi connectivity index (χ0v) is 8.04. The number of carbonyl (C=O) groups is 2. The number of hydrogen-bond acceptors (Lipinski definition) is 3. The molecule has 1 saturated carbocycles. The molecule has 0 amide bonds. The minimum atomic E-state index is -0.116. The summed E-state index contributed by atoms with van der Waals surface area (Å²) in [5.41, 5.74) is 0. The molecule has 0 radical (unpaired) electrons. The SMILES string of the molecule is CCCOC(=O)C1CCC(=O)CC1. The summed E-state index contributed by atoms with van der Waals surface area (Å²) in [6.07, 6.45) is 3.32. The fourth-order valence-corrected chi connectivity index (χ4v) is 1.50. The van der Waals surface area contributed by atoms with Crippen LogP contribution in [0.4, 0.5) is 0 Å². The minimum Gasteiger partial charge on any atom is -0.465 e. The molecule has 13 heavy (non-hydrogen) atoms. The molecule has 0 aromatic rings. The van der Waals surface area contributed by atoms with Gasteiger partial charge in [0.05, 0.1) is 12.5 Å². The second kappa shape index (κ2) is 5.00. The van der Waals surface area contributed by atoms with E-state index >= 15 is 0 Å². The monoisotopic (exact) mass is 184 g/mol. The summed E-state index contributed by atoms with van der Waals surface area (Å²) in [7, 11) is 0. The molecular weight excluding hydrogens is 168 g/mol. The first-order chi connectivity index (χ1) is 6.24. The van der Waals surface area contributed by atoms with E-state index in [2.05, 4.69) is 0 Å². The molecule has 0 heterocycles. The van der Waals surface area contributed by atoms with Crippen molar-refractivity contribution in [3.63, 3.8) is 0 Å². The van der Waals surface area contributed by atoms with Crippen molar-refractivity contribution in [3.05, 3.63) is 0 Å². The lowest BCUT2D eigenvalue weighted by Gasteiger charge is -2.18. The predicted molar refractivity (Wildman–Crippen MR) is 48.2 cm³/mol. The summed E-state index contributed by atoms with van der Waals surface area (Å²) in [6.45, 7) is 2.47. The maximum Gasteiger partial charge on any atom is 0.308 e. The lowest BCUT2D eigenvalue weighted by molar-refractivity contribution is -0.150. The van der Waals surface area contributed by atoms with E-state index in [4.69, 9.17) is 4.74 Å². The fraction of sp³-hybridized carbons (Fsp3) is 0.800. The molecule has 0 atom stereocenters. The summed E-state index contributed by atoms with van der Waals surface area (Å²) in [6, 6.07) is 0. The highest BCUT2D eigenvalue weighted by molar-refractivity contribution is 5.82. The zero-order valence-electron chi connectivity index (χ0n) is 8.04. The summed E-state index contributed by atoms with van der Waals surface area (Å²) < 4.78 is 5.02. The van der Waals surface area contributed by atoms with Crippen LogP contribution in [-0.2, 0) is 14.3 Å². The Bertz CT molecular complexity index is 188. The van der Waals surface area contributed by atoms with Crippen LogP contribution in [0, 0.1) is 5.92 Å². The third-order valence-corrected chi connectivity index (χ3v) is 2.33. The van der Waals surface area contributed by atoms with Crippen molar-refractivity contribution in [2.45, 2.75) is 39.0 Å². The average molecular weight is 184 g/mol. The van der Waals surface area contributed by atoms with E-state index in [0.29, 0.717) is 32.3 Å². The summed E-state index contributed by atoms with van der Waals surface area (Å²) >= 11 is 0. The van der Waals surface area contributed by atoms with E-state index in [0.717, 1.165) is 6.42 Å². The van der Waals surface area contributed by atoms with Crippen molar-refractivity contribution in [1.82, 2.24) is 0 Å². The maximum atomic E-state index is 11.3. The first-order valence-electron chi connectivity index (χ1n) is 4.92. The average Bonchev–Trinajstić information content (AvgIpc) is 2.15. The fourth-order valence-electron chi connectivity index (χ4n) is 1.50. The van der Waals surface area contributed by atoms with E-state index in [-0.39, 0.29) is 17.7 Å². The van der Waals surface area contributed by atoms with Gasteiger partial charge >= 0.3 is 5.97 Å². The first kappa shape index (κ1) is 10.2. The van der Waals surface area contributed by atoms with Crippen molar-refractivity contribution in [1.29, 1.82) is 0 Å². The molecule has 1 rings (SSSR count). The number of Topliss-reactive ketones (excluding diaryl/α,β-unsaturated/α-hetero) is 1. The molecule has 0 N–H and O–H groups in total. The van der Waals surface area contributed by atoms with Gasteiger partial charge in [0.1, 0.15) is 5.78 Å². The number of ketones is 1. The molecule has 3 heteroatoms. The van der Waals surface area contributed by atoms with Gasteiger partial charge in [0.15, 0.2) is 0 Å². The molecule has 0 spiro atoms. The molecule has 0 aromatic heterocycles. The Morgan fingerprint density at radius 3 is 2.62 bits per heavy atom. The van der Waals surface area contributed by atoms with E-state index < -0.39 is 0 Å². The van der Waals surface area contributed by atoms with Gasteiger partial charge in [-0.15, -0.1) is 0 Å². The van der Waals surface area contributed by atoms with Gasteiger partial charge < -0.3 is 4.74 Å². The van der Waals surface area contributed by atoms with Gasteiger partial charge in [-0.05, 0) is 19.3 Å². The molecular formula is C10H16O3. The Morgan fingerprint density at radius 1 is 1.46 bits per heavy atom. The van der Waals surface area contributed by atoms with Gasteiger partial charge in [-0.25, -0.2) is 0 Å². The summed E-state index contributed by atoms with van der Waals surface area (Å²) in [5, 5.41) is 0. The van der Waals surface area contributed by atoms with E-state index in [1.807, 2.05) is 6.92 Å². The normalized spacial score (nSPS) is 18.7. The van der Waals surface area contributed by atoms with Gasteiger partial charge in [0.2, 0.25) is 0 Å². The number of rotatable bonds is 3. The van der Waals surface area contributed by atoms with Crippen molar-refractivity contribution in [2.75, 3.05) is 6.61 Å². The van der Waals surface area contributed by atoms with Gasteiger partial charge in [-0.3, -0.25) is 9.59 Å². The number of esters is 1. The summed E-state index contributed by atoms with van der Waals surface area (Å²) in [5.74, 6) is 0.137. The zero-order chi connectivity index (χ0) is 9.68. The quantitative estimate of drug-likeness (QED) is 0.627. The van der Waals surface area contributed by atoms with Crippen LogP contribution in [0.15, 0.2) is 0 Å².